The lowest BCUT2D eigenvalue weighted by molar-refractivity contribution is -0.136. The van der Waals surface area contributed by atoms with Crippen molar-refractivity contribution < 1.29 is 19.5 Å². The molecule has 38 heavy (non-hydrogen) atoms. The van der Waals surface area contributed by atoms with Crippen molar-refractivity contribution >= 4 is 70.0 Å². The predicted octanol–water partition coefficient (Wildman–Crippen LogP) is 4.86. The number of hydrogen-bond acceptors (Lipinski definition) is 6. The van der Waals surface area contributed by atoms with E-state index in [1.807, 2.05) is 18.2 Å². The first-order valence-electron chi connectivity index (χ1n) is 11.5. The number of urea groups is 1. The highest BCUT2D eigenvalue weighted by Gasteiger charge is 2.25. The smallest absolute Gasteiger partial charge is 0.325 e. The normalized spacial score (nSPS) is 11.0. The summed E-state index contributed by atoms with van der Waals surface area (Å²) in [5.74, 6) is -0.192. The minimum absolute atomic E-state index is 0.121. The van der Waals surface area contributed by atoms with Crippen LogP contribution >= 0.6 is 23.2 Å². The summed E-state index contributed by atoms with van der Waals surface area (Å²) in [6.45, 7) is 0.274. The lowest BCUT2D eigenvalue weighted by atomic mass is 10.2. The van der Waals surface area contributed by atoms with Gasteiger partial charge in [-0.2, -0.15) is 4.98 Å². The number of imidazole rings is 1. The number of anilines is 3. The van der Waals surface area contributed by atoms with Crippen LogP contribution in [0.2, 0.25) is 10.0 Å². The van der Waals surface area contributed by atoms with Gasteiger partial charge in [0.15, 0.2) is 12.1 Å². The standard InChI is InChI=1S/C25H25Cl2N7O4/c1-32(12-14-11-15-16(26)5-4-6-18(15)28-14)25(38)34(3)23-20(13-35)33(2)24(31-23)30-21-9-7-17(27)19(29-21)8-10-22(36)37/h4-7,9,11,13,28H,8,10,12H2,1-3H3,(H,36,37)(H,29,30,31). The highest BCUT2D eigenvalue weighted by Crippen LogP contribution is 2.27. The number of halogens is 2. The van der Waals surface area contributed by atoms with Crippen LogP contribution in [0.5, 0.6) is 0 Å². The molecular formula is C25H25Cl2N7O4. The van der Waals surface area contributed by atoms with Crippen LogP contribution in [0.3, 0.4) is 0 Å². The fourth-order valence-electron chi connectivity index (χ4n) is 3.99. The summed E-state index contributed by atoms with van der Waals surface area (Å²) in [5, 5.41) is 13.8. The maximum absolute atomic E-state index is 13.2. The van der Waals surface area contributed by atoms with E-state index < -0.39 is 5.97 Å². The second kappa shape index (κ2) is 11.1. The van der Waals surface area contributed by atoms with Crippen LogP contribution in [0, 0.1) is 0 Å². The van der Waals surface area contributed by atoms with Gasteiger partial charge in [0.2, 0.25) is 5.95 Å². The second-order valence-corrected chi connectivity index (χ2v) is 9.47. The van der Waals surface area contributed by atoms with Crippen molar-refractivity contribution in [2.24, 2.45) is 7.05 Å². The van der Waals surface area contributed by atoms with Crippen molar-refractivity contribution in [1.29, 1.82) is 0 Å². The molecule has 11 nitrogen and oxygen atoms in total. The number of aromatic amines is 1. The monoisotopic (exact) mass is 557 g/mol. The third-order valence-corrected chi connectivity index (χ3v) is 6.64. The third-order valence-electron chi connectivity index (χ3n) is 5.97. The van der Waals surface area contributed by atoms with Crippen LogP contribution in [0.25, 0.3) is 10.9 Å². The van der Waals surface area contributed by atoms with Crippen molar-refractivity contribution in [2.75, 3.05) is 24.3 Å². The van der Waals surface area contributed by atoms with E-state index in [1.165, 1.54) is 21.4 Å². The molecular weight excluding hydrogens is 533 g/mol. The summed E-state index contributed by atoms with van der Waals surface area (Å²) in [5.41, 5.74) is 2.25. The Kier molecular flexibility index (Phi) is 7.88. The number of aromatic nitrogens is 4. The van der Waals surface area contributed by atoms with Crippen LogP contribution in [-0.4, -0.2) is 61.9 Å². The molecule has 0 aliphatic carbocycles. The van der Waals surface area contributed by atoms with Gasteiger partial charge >= 0.3 is 12.0 Å². The summed E-state index contributed by atoms with van der Waals surface area (Å²) < 4.78 is 1.50. The van der Waals surface area contributed by atoms with Crippen LogP contribution in [-0.2, 0) is 24.8 Å². The number of carboxylic acid groups (broad SMARTS) is 1. The highest BCUT2D eigenvalue weighted by atomic mass is 35.5. The molecule has 0 atom stereocenters. The number of nitrogens with zero attached hydrogens (tertiary/aromatic N) is 5. The molecule has 4 aromatic rings. The number of fused-ring (bicyclic) bond motifs is 1. The van der Waals surface area contributed by atoms with Gasteiger partial charge in [0, 0.05) is 49.2 Å². The zero-order valence-corrected chi connectivity index (χ0v) is 22.3. The average molecular weight is 558 g/mol. The number of carbonyl (C=O) groups is 3. The zero-order valence-electron chi connectivity index (χ0n) is 20.8. The Hall–Kier alpha value is -4.09. The van der Waals surface area contributed by atoms with E-state index in [1.54, 1.807) is 32.3 Å². The molecule has 3 heterocycles. The quantitative estimate of drug-likeness (QED) is 0.250. The minimum Gasteiger partial charge on any atom is -0.481 e. The number of nitrogens with one attached hydrogen (secondary N) is 2. The first kappa shape index (κ1) is 27.0. The summed E-state index contributed by atoms with van der Waals surface area (Å²) >= 11 is 12.4. The van der Waals surface area contributed by atoms with E-state index in [4.69, 9.17) is 28.3 Å². The molecule has 0 fully saturated rings. The van der Waals surface area contributed by atoms with E-state index in [0.29, 0.717) is 27.8 Å². The summed E-state index contributed by atoms with van der Waals surface area (Å²) in [7, 11) is 4.80. The van der Waals surface area contributed by atoms with Gasteiger partial charge in [-0.25, -0.2) is 9.78 Å². The summed E-state index contributed by atoms with van der Waals surface area (Å²) in [6.07, 6.45) is 0.649. The molecule has 2 amide bonds. The molecule has 1 aromatic carbocycles. The summed E-state index contributed by atoms with van der Waals surface area (Å²) in [4.78, 5) is 51.0. The number of carbonyl (C=O) groups excluding carboxylic acids is 2. The fraction of sp³-hybridized carbons (Fsp3) is 0.240. The first-order chi connectivity index (χ1) is 18.1. The van der Waals surface area contributed by atoms with Crippen molar-refractivity contribution in [3.8, 4) is 0 Å². The number of rotatable bonds is 9. The molecule has 0 unspecified atom stereocenters. The minimum atomic E-state index is -0.961. The maximum atomic E-state index is 13.2. The van der Waals surface area contributed by atoms with Crippen molar-refractivity contribution in [1.82, 2.24) is 24.4 Å². The fourth-order valence-corrected chi connectivity index (χ4v) is 4.42. The Morgan fingerprint density at radius 2 is 1.92 bits per heavy atom. The third kappa shape index (κ3) is 5.58. The van der Waals surface area contributed by atoms with Gasteiger partial charge in [0.05, 0.1) is 23.7 Å². The molecule has 3 aromatic heterocycles. The maximum Gasteiger partial charge on any atom is 0.325 e. The molecule has 3 N–H and O–H groups in total. The Morgan fingerprint density at radius 3 is 2.61 bits per heavy atom. The number of aliphatic carboxylic acids is 1. The van der Waals surface area contributed by atoms with Crippen molar-refractivity contribution in [2.45, 2.75) is 19.4 Å². The van der Waals surface area contributed by atoms with Gasteiger partial charge in [0.1, 0.15) is 11.5 Å². The molecule has 4 rings (SSSR count). The molecule has 0 saturated carbocycles. The summed E-state index contributed by atoms with van der Waals surface area (Å²) in [6, 6.07) is 10.3. The topological polar surface area (TPSA) is 136 Å². The van der Waals surface area contributed by atoms with Gasteiger partial charge in [-0.05, 0) is 30.3 Å². The van der Waals surface area contributed by atoms with E-state index >= 15 is 0 Å². The molecule has 0 spiro atoms. The molecule has 0 aliphatic heterocycles. The average Bonchev–Trinajstić information content (AvgIpc) is 3.44. The molecule has 13 heteroatoms. The number of benzene rings is 1. The van der Waals surface area contributed by atoms with E-state index in [-0.39, 0.29) is 42.9 Å². The molecule has 0 bridgehead atoms. The first-order valence-corrected chi connectivity index (χ1v) is 12.3. The van der Waals surface area contributed by atoms with E-state index in [2.05, 4.69) is 20.3 Å². The van der Waals surface area contributed by atoms with Gasteiger partial charge < -0.3 is 24.9 Å². The SMILES string of the molecule is CN(Cc1cc2c(Cl)cccc2[nH]1)C(=O)N(C)c1nc(Nc2ccc(Cl)c(CCC(=O)O)n2)n(C)c1C=O. The second-order valence-electron chi connectivity index (χ2n) is 8.66. The lowest BCUT2D eigenvalue weighted by Gasteiger charge is -2.23. The zero-order chi connectivity index (χ0) is 27.6. The number of carboxylic acids is 1. The Bertz CT molecular complexity index is 1530. The van der Waals surface area contributed by atoms with Crippen LogP contribution in [0.4, 0.5) is 22.4 Å². The Balaban J connectivity index is 1.53. The van der Waals surface area contributed by atoms with Gasteiger partial charge in [-0.15, -0.1) is 0 Å². The number of aryl methyl sites for hydroxylation is 1. The van der Waals surface area contributed by atoms with Crippen LogP contribution in [0.1, 0.15) is 28.3 Å². The number of H-pyrrole nitrogens is 1. The molecule has 0 aliphatic rings. The van der Waals surface area contributed by atoms with Gasteiger partial charge in [-0.3, -0.25) is 14.5 Å². The van der Waals surface area contributed by atoms with Crippen molar-refractivity contribution in [3.05, 3.63) is 63.5 Å². The number of aldehydes is 1. The van der Waals surface area contributed by atoms with Crippen LogP contribution in [0.15, 0.2) is 36.4 Å². The van der Waals surface area contributed by atoms with Gasteiger partial charge in [-0.1, -0.05) is 29.3 Å². The van der Waals surface area contributed by atoms with E-state index in [0.717, 1.165) is 16.6 Å². The Labute approximate surface area is 228 Å². The Morgan fingerprint density at radius 1 is 1.16 bits per heavy atom. The number of amides is 2. The lowest BCUT2D eigenvalue weighted by Crippen LogP contribution is -2.39. The van der Waals surface area contributed by atoms with Gasteiger partial charge in [0.25, 0.3) is 0 Å². The molecule has 198 valence electrons. The molecule has 0 radical (unpaired) electrons. The predicted molar refractivity (Wildman–Crippen MR) is 146 cm³/mol. The molecule has 0 saturated heterocycles. The van der Waals surface area contributed by atoms with Crippen LogP contribution < -0.4 is 10.2 Å². The van der Waals surface area contributed by atoms with E-state index in [9.17, 15) is 14.4 Å². The number of hydrogen-bond donors (Lipinski definition) is 3. The highest BCUT2D eigenvalue weighted by molar-refractivity contribution is 6.35. The number of pyridine rings is 1. The largest absolute Gasteiger partial charge is 0.481 e. The van der Waals surface area contributed by atoms with Crippen molar-refractivity contribution in [3.63, 3.8) is 0 Å².